The number of sulfonamides is 1. The molecule has 0 saturated heterocycles. The molecule has 2 aromatic heterocycles. The van der Waals surface area contributed by atoms with Gasteiger partial charge in [0.2, 0.25) is 0 Å². The number of aromatic amines is 1. The van der Waals surface area contributed by atoms with Gasteiger partial charge in [0.15, 0.2) is 0 Å². The van der Waals surface area contributed by atoms with Crippen LogP contribution in [0.2, 0.25) is 0 Å². The Morgan fingerprint density at radius 1 is 1.30 bits per heavy atom. The van der Waals surface area contributed by atoms with Crippen molar-refractivity contribution >= 4 is 21.2 Å². The minimum absolute atomic E-state index is 0.0421. The number of fused-ring (bicyclic) bond motifs is 1. The molecular weight excluding hydrogens is 320 g/mol. The molecule has 0 fully saturated rings. The molecule has 2 heterocycles. The lowest BCUT2D eigenvalue weighted by atomic mass is 10.2. The summed E-state index contributed by atoms with van der Waals surface area (Å²) < 4.78 is 34.1. The highest BCUT2D eigenvalue weighted by Gasteiger charge is 2.19. The second kappa shape index (κ2) is 5.43. The van der Waals surface area contributed by atoms with Crippen LogP contribution in [0.25, 0.3) is 5.52 Å². The van der Waals surface area contributed by atoms with Crippen LogP contribution in [0.4, 0.5) is 5.69 Å². The maximum atomic E-state index is 12.5. The highest BCUT2D eigenvalue weighted by molar-refractivity contribution is 7.92. The third-order valence-electron chi connectivity index (χ3n) is 3.31. The van der Waals surface area contributed by atoms with Crippen LogP contribution >= 0.6 is 0 Å². The molecule has 0 unspecified atom stereocenters. The summed E-state index contributed by atoms with van der Waals surface area (Å²) in [6.45, 7) is 1.84. The molecule has 9 heteroatoms. The second-order valence-electron chi connectivity index (χ2n) is 4.96. The number of aromatic nitrogens is 3. The van der Waals surface area contributed by atoms with Gasteiger partial charge in [-0.05, 0) is 30.7 Å². The zero-order valence-corrected chi connectivity index (χ0v) is 13.2. The minimum atomic E-state index is -3.87. The fourth-order valence-corrected chi connectivity index (χ4v) is 3.28. The fraction of sp³-hybridized carbons (Fsp3) is 0.143. The first-order chi connectivity index (χ1) is 10.9. The molecule has 3 rings (SSSR count). The van der Waals surface area contributed by atoms with Gasteiger partial charge in [-0.15, -0.1) is 0 Å². The summed E-state index contributed by atoms with van der Waals surface area (Å²) in [5, 5.41) is 5.87. The molecule has 8 nitrogen and oxygen atoms in total. The molecule has 0 radical (unpaired) electrons. The maximum Gasteiger partial charge on any atom is 0.288 e. The standard InChI is InChI=1S/C14H14N4O4S/c1-9-3-4-13(22-2)11(5-9)17-23(20,21)10-6-12-14(19)16-15-8-18(12)7-10/h3-8,17H,1-2H3,(H,16,19). The van der Waals surface area contributed by atoms with Crippen molar-refractivity contribution in [3.8, 4) is 5.75 Å². The maximum absolute atomic E-state index is 12.5. The molecule has 3 aromatic rings. The number of nitrogens with zero attached hydrogens (tertiary/aromatic N) is 2. The van der Waals surface area contributed by atoms with E-state index in [0.29, 0.717) is 11.4 Å². The van der Waals surface area contributed by atoms with E-state index in [1.165, 1.54) is 30.1 Å². The van der Waals surface area contributed by atoms with Crippen LogP contribution in [0.1, 0.15) is 5.56 Å². The van der Waals surface area contributed by atoms with Gasteiger partial charge in [-0.25, -0.2) is 13.5 Å². The Morgan fingerprint density at radius 2 is 2.09 bits per heavy atom. The lowest BCUT2D eigenvalue weighted by molar-refractivity contribution is 0.417. The zero-order valence-electron chi connectivity index (χ0n) is 12.4. The van der Waals surface area contributed by atoms with Crippen LogP contribution < -0.4 is 15.0 Å². The van der Waals surface area contributed by atoms with E-state index in [2.05, 4.69) is 14.9 Å². The average molecular weight is 334 g/mol. The summed E-state index contributed by atoms with van der Waals surface area (Å²) in [6, 6.07) is 6.44. The lowest BCUT2D eigenvalue weighted by Crippen LogP contribution is -2.13. The summed E-state index contributed by atoms with van der Waals surface area (Å²) >= 11 is 0. The Labute approximate surface area is 131 Å². The van der Waals surface area contributed by atoms with Gasteiger partial charge in [-0.3, -0.25) is 13.9 Å². The first-order valence-corrected chi connectivity index (χ1v) is 8.12. The summed E-state index contributed by atoms with van der Waals surface area (Å²) in [5.74, 6) is 0.405. The van der Waals surface area contributed by atoms with E-state index in [4.69, 9.17) is 4.74 Å². The van der Waals surface area contributed by atoms with Gasteiger partial charge in [0, 0.05) is 6.20 Å². The number of ether oxygens (including phenoxy) is 1. The van der Waals surface area contributed by atoms with Gasteiger partial charge in [-0.2, -0.15) is 5.10 Å². The number of methoxy groups -OCH3 is 1. The van der Waals surface area contributed by atoms with Crippen molar-refractivity contribution in [3.05, 3.63) is 52.7 Å². The highest BCUT2D eigenvalue weighted by Crippen LogP contribution is 2.28. The van der Waals surface area contributed by atoms with Gasteiger partial charge in [0.1, 0.15) is 22.5 Å². The number of rotatable bonds is 4. The van der Waals surface area contributed by atoms with Gasteiger partial charge < -0.3 is 4.74 Å². The molecule has 0 atom stereocenters. The van der Waals surface area contributed by atoms with Gasteiger partial charge in [0.25, 0.3) is 15.6 Å². The Kier molecular flexibility index (Phi) is 3.57. The summed E-state index contributed by atoms with van der Waals surface area (Å²) in [6.07, 6.45) is 2.64. The Morgan fingerprint density at radius 3 is 2.78 bits per heavy atom. The molecule has 0 spiro atoms. The molecule has 0 saturated carbocycles. The minimum Gasteiger partial charge on any atom is -0.495 e. The molecule has 0 aliphatic carbocycles. The largest absolute Gasteiger partial charge is 0.495 e. The highest BCUT2D eigenvalue weighted by atomic mass is 32.2. The number of hydrogen-bond donors (Lipinski definition) is 2. The third kappa shape index (κ3) is 2.78. The Hall–Kier alpha value is -2.81. The normalized spacial score (nSPS) is 11.6. The van der Waals surface area contributed by atoms with Crippen molar-refractivity contribution in [1.29, 1.82) is 0 Å². The number of anilines is 1. The number of nitrogens with one attached hydrogen (secondary N) is 2. The van der Waals surface area contributed by atoms with E-state index in [-0.39, 0.29) is 10.4 Å². The number of H-pyrrole nitrogens is 1. The molecule has 1 aromatic carbocycles. The van der Waals surface area contributed by atoms with Crippen LogP contribution in [0, 0.1) is 6.92 Å². The molecule has 0 aliphatic rings. The molecule has 0 aliphatic heterocycles. The Bertz CT molecular complexity index is 1040. The van der Waals surface area contributed by atoms with E-state index in [1.807, 2.05) is 13.0 Å². The molecule has 23 heavy (non-hydrogen) atoms. The van der Waals surface area contributed by atoms with E-state index in [1.54, 1.807) is 12.1 Å². The second-order valence-corrected chi connectivity index (χ2v) is 6.65. The van der Waals surface area contributed by atoms with Crippen LogP contribution in [0.3, 0.4) is 0 Å². The fourth-order valence-electron chi connectivity index (χ4n) is 2.19. The van der Waals surface area contributed by atoms with Crippen LogP contribution in [-0.4, -0.2) is 30.1 Å². The SMILES string of the molecule is COc1ccc(C)cc1NS(=O)(=O)c1cc2c(=O)[nH]ncn2c1. The molecule has 120 valence electrons. The third-order valence-corrected chi connectivity index (χ3v) is 4.65. The van der Waals surface area contributed by atoms with E-state index in [9.17, 15) is 13.2 Å². The van der Waals surface area contributed by atoms with Crippen LogP contribution in [0.15, 0.2) is 46.5 Å². The number of hydrogen-bond acceptors (Lipinski definition) is 5. The first kappa shape index (κ1) is 15.1. The predicted octanol–water partition coefficient (Wildman–Crippen LogP) is 1.14. The monoisotopic (exact) mass is 334 g/mol. The van der Waals surface area contributed by atoms with Crippen molar-refractivity contribution in [1.82, 2.24) is 14.6 Å². The lowest BCUT2D eigenvalue weighted by Gasteiger charge is -2.11. The van der Waals surface area contributed by atoms with E-state index >= 15 is 0 Å². The number of benzene rings is 1. The van der Waals surface area contributed by atoms with Gasteiger partial charge in [-0.1, -0.05) is 6.07 Å². The smallest absolute Gasteiger partial charge is 0.288 e. The first-order valence-electron chi connectivity index (χ1n) is 6.63. The molecule has 0 amide bonds. The summed E-state index contributed by atoms with van der Waals surface area (Å²) in [5.41, 5.74) is 0.930. The summed E-state index contributed by atoms with van der Waals surface area (Å²) in [4.78, 5) is 11.6. The quantitative estimate of drug-likeness (QED) is 0.744. The average Bonchev–Trinajstić information content (AvgIpc) is 2.94. The molecule has 2 N–H and O–H groups in total. The zero-order chi connectivity index (χ0) is 16.6. The topological polar surface area (TPSA) is 106 Å². The van der Waals surface area contributed by atoms with E-state index < -0.39 is 15.6 Å². The Balaban J connectivity index is 2.06. The molecule has 0 bridgehead atoms. The predicted molar refractivity (Wildman–Crippen MR) is 84.4 cm³/mol. The van der Waals surface area contributed by atoms with E-state index in [0.717, 1.165) is 5.56 Å². The van der Waals surface area contributed by atoms with Crippen molar-refractivity contribution in [2.75, 3.05) is 11.8 Å². The van der Waals surface area contributed by atoms with Crippen molar-refractivity contribution in [2.45, 2.75) is 11.8 Å². The molecular formula is C14H14N4O4S. The summed E-state index contributed by atoms with van der Waals surface area (Å²) in [7, 11) is -2.41. The van der Waals surface area contributed by atoms with Gasteiger partial charge >= 0.3 is 0 Å². The van der Waals surface area contributed by atoms with Crippen LogP contribution in [0.5, 0.6) is 5.75 Å². The van der Waals surface area contributed by atoms with Crippen LogP contribution in [-0.2, 0) is 10.0 Å². The van der Waals surface area contributed by atoms with Gasteiger partial charge in [0.05, 0.1) is 12.8 Å². The van der Waals surface area contributed by atoms with Crippen molar-refractivity contribution in [3.63, 3.8) is 0 Å². The van der Waals surface area contributed by atoms with Crippen molar-refractivity contribution in [2.24, 2.45) is 0 Å². The van der Waals surface area contributed by atoms with Crippen molar-refractivity contribution < 1.29 is 13.2 Å². The number of aryl methyl sites for hydroxylation is 1.